The van der Waals surface area contributed by atoms with Crippen LogP contribution in [-0.2, 0) is 40.4 Å². The van der Waals surface area contributed by atoms with E-state index in [1.807, 2.05) is 12.1 Å². The maximum Gasteiger partial charge on any atom is 0.333 e. The Bertz CT molecular complexity index is 1260. The summed E-state index contributed by atoms with van der Waals surface area (Å²) in [6, 6.07) is 7.37. The van der Waals surface area contributed by atoms with Gasteiger partial charge in [0.1, 0.15) is 6.54 Å². The third-order valence-corrected chi connectivity index (χ3v) is 4.89. The number of ether oxygens (including phenoxy) is 1. The second-order valence-electron chi connectivity index (χ2n) is 8.30. The summed E-state index contributed by atoms with van der Waals surface area (Å²) in [5, 5.41) is 2.64. The molecule has 164 valence electrons. The smallest absolute Gasteiger partial charge is 0.333 e. The summed E-state index contributed by atoms with van der Waals surface area (Å²) < 4.78 is 8.36. The minimum atomic E-state index is -0.876. The van der Waals surface area contributed by atoms with E-state index in [0.717, 1.165) is 10.1 Å². The van der Waals surface area contributed by atoms with Crippen LogP contribution in [-0.4, -0.2) is 37.2 Å². The van der Waals surface area contributed by atoms with Crippen LogP contribution in [0.5, 0.6) is 0 Å². The van der Waals surface area contributed by atoms with Gasteiger partial charge in [-0.1, -0.05) is 32.9 Å². The lowest BCUT2D eigenvalue weighted by atomic mass is 9.87. The summed E-state index contributed by atoms with van der Waals surface area (Å²) in [5.41, 5.74) is 0.738. The largest absolute Gasteiger partial charge is 0.454 e. The van der Waals surface area contributed by atoms with E-state index in [1.54, 1.807) is 19.2 Å². The Morgan fingerprint density at radius 1 is 1.10 bits per heavy atom. The van der Waals surface area contributed by atoms with Crippen molar-refractivity contribution >= 4 is 28.7 Å². The molecule has 0 fully saturated rings. The predicted molar refractivity (Wildman–Crippen MR) is 115 cm³/mol. The number of fused-ring (bicyclic) bond motifs is 1. The highest BCUT2D eigenvalue weighted by molar-refractivity contribution is 5.92. The average molecular weight is 427 g/mol. The van der Waals surface area contributed by atoms with E-state index in [2.05, 4.69) is 31.1 Å². The molecular formula is C21H25N5O5. The van der Waals surface area contributed by atoms with Gasteiger partial charge in [0.05, 0.1) is 6.33 Å². The number of esters is 1. The van der Waals surface area contributed by atoms with E-state index in [4.69, 9.17) is 4.74 Å². The van der Waals surface area contributed by atoms with Crippen molar-refractivity contribution in [1.29, 1.82) is 0 Å². The minimum Gasteiger partial charge on any atom is -0.454 e. The number of nitrogens with zero attached hydrogens (tertiary/aromatic N) is 4. The van der Waals surface area contributed by atoms with Crippen LogP contribution in [0.25, 0.3) is 11.2 Å². The van der Waals surface area contributed by atoms with Gasteiger partial charge in [0.2, 0.25) is 0 Å². The molecule has 3 rings (SSSR count). The number of imidazole rings is 1. The van der Waals surface area contributed by atoms with Gasteiger partial charge in [-0.05, 0) is 23.1 Å². The molecule has 1 N–H and O–H groups in total. The third-order valence-electron chi connectivity index (χ3n) is 4.89. The van der Waals surface area contributed by atoms with Crippen LogP contribution in [0.15, 0.2) is 40.2 Å². The number of carbonyl (C=O) groups excluding carboxylic acids is 2. The molecular weight excluding hydrogens is 402 g/mol. The zero-order valence-corrected chi connectivity index (χ0v) is 18.1. The first-order chi connectivity index (χ1) is 14.5. The Labute approximate surface area is 178 Å². The second-order valence-corrected chi connectivity index (χ2v) is 8.30. The fourth-order valence-corrected chi connectivity index (χ4v) is 3.11. The maximum absolute atomic E-state index is 12.6. The Morgan fingerprint density at radius 3 is 2.35 bits per heavy atom. The zero-order valence-electron chi connectivity index (χ0n) is 18.1. The monoisotopic (exact) mass is 427 g/mol. The molecule has 0 saturated heterocycles. The number of carbonyl (C=O) groups is 2. The average Bonchev–Trinajstić information content (AvgIpc) is 3.09. The molecule has 1 aromatic carbocycles. The number of amides is 1. The second kappa shape index (κ2) is 8.21. The van der Waals surface area contributed by atoms with Crippen molar-refractivity contribution in [2.45, 2.75) is 32.7 Å². The van der Waals surface area contributed by atoms with Gasteiger partial charge in [-0.25, -0.2) is 14.3 Å². The summed E-state index contributed by atoms with van der Waals surface area (Å²) >= 11 is 0. The number of anilines is 1. The van der Waals surface area contributed by atoms with Gasteiger partial charge in [0.15, 0.2) is 17.8 Å². The van der Waals surface area contributed by atoms with Gasteiger partial charge < -0.3 is 14.6 Å². The highest BCUT2D eigenvalue weighted by Gasteiger charge is 2.18. The lowest BCUT2D eigenvalue weighted by Gasteiger charge is -2.19. The van der Waals surface area contributed by atoms with Crippen LogP contribution >= 0.6 is 0 Å². The summed E-state index contributed by atoms with van der Waals surface area (Å²) in [4.78, 5) is 53.3. The van der Waals surface area contributed by atoms with E-state index >= 15 is 0 Å². The van der Waals surface area contributed by atoms with Crippen molar-refractivity contribution in [3.8, 4) is 0 Å². The molecule has 0 atom stereocenters. The number of hydrogen-bond donors (Lipinski definition) is 1. The first kappa shape index (κ1) is 22.0. The lowest BCUT2D eigenvalue weighted by Crippen LogP contribution is -2.41. The first-order valence-electron chi connectivity index (χ1n) is 9.66. The van der Waals surface area contributed by atoms with E-state index in [0.29, 0.717) is 5.69 Å². The number of rotatable bonds is 5. The van der Waals surface area contributed by atoms with E-state index in [1.165, 1.54) is 22.5 Å². The molecule has 0 saturated carbocycles. The van der Waals surface area contributed by atoms with Crippen molar-refractivity contribution in [1.82, 2.24) is 18.7 Å². The minimum absolute atomic E-state index is 0.00824. The number of benzene rings is 1. The van der Waals surface area contributed by atoms with Gasteiger partial charge in [-0.3, -0.25) is 19.0 Å². The Balaban J connectivity index is 1.64. The van der Waals surface area contributed by atoms with Crippen molar-refractivity contribution in [2.24, 2.45) is 14.1 Å². The van der Waals surface area contributed by atoms with Gasteiger partial charge in [0.25, 0.3) is 11.5 Å². The number of nitrogens with one attached hydrogen (secondary N) is 1. The van der Waals surface area contributed by atoms with Crippen LogP contribution in [0, 0.1) is 0 Å². The topological polar surface area (TPSA) is 117 Å². The fourth-order valence-electron chi connectivity index (χ4n) is 3.11. The summed E-state index contributed by atoms with van der Waals surface area (Å²) in [6.45, 7) is 5.11. The number of hydrogen-bond acceptors (Lipinski definition) is 6. The van der Waals surface area contributed by atoms with Gasteiger partial charge in [-0.2, -0.15) is 0 Å². The normalized spacial score (nSPS) is 11.5. The molecule has 10 nitrogen and oxygen atoms in total. The fraction of sp³-hybridized carbons (Fsp3) is 0.381. The molecule has 1 amide bonds. The number of aryl methyl sites for hydroxylation is 2. The molecule has 0 aliphatic rings. The zero-order chi connectivity index (χ0) is 22.9. The maximum atomic E-state index is 12.6. The Kier molecular flexibility index (Phi) is 5.83. The Morgan fingerprint density at radius 2 is 1.74 bits per heavy atom. The molecule has 0 spiro atoms. The molecule has 3 aromatic rings. The standard InChI is InChI=1S/C21H25N5O5/c1-21(2,3)13-6-8-14(9-7-13)23-15(27)11-31-16(28)10-26-19(29)17-18(22-12-24(17)4)25(5)20(26)30/h6-9,12H,10-11H2,1-5H3,(H,23,27). The Hall–Kier alpha value is -3.69. The van der Waals surface area contributed by atoms with Gasteiger partial charge >= 0.3 is 11.7 Å². The van der Waals surface area contributed by atoms with Crippen molar-refractivity contribution < 1.29 is 14.3 Å². The van der Waals surface area contributed by atoms with Crippen LogP contribution in [0.2, 0.25) is 0 Å². The molecule has 2 aromatic heterocycles. The molecule has 31 heavy (non-hydrogen) atoms. The van der Waals surface area contributed by atoms with Crippen molar-refractivity contribution in [3.63, 3.8) is 0 Å². The lowest BCUT2D eigenvalue weighted by molar-refractivity contribution is -0.148. The molecule has 2 heterocycles. The van der Waals surface area contributed by atoms with Gasteiger partial charge in [-0.15, -0.1) is 0 Å². The van der Waals surface area contributed by atoms with E-state index in [-0.39, 0.29) is 16.6 Å². The molecule has 0 radical (unpaired) electrons. The SMILES string of the molecule is Cn1cnc2c1c(=O)n(CC(=O)OCC(=O)Nc1ccc(C(C)(C)C)cc1)c(=O)n2C. The quantitative estimate of drug-likeness (QED) is 0.605. The molecule has 10 heteroatoms. The molecule has 0 aliphatic carbocycles. The van der Waals surface area contributed by atoms with Crippen LogP contribution in [0.1, 0.15) is 26.3 Å². The molecule has 0 unspecified atom stereocenters. The molecule has 0 bridgehead atoms. The summed E-state index contributed by atoms with van der Waals surface area (Å²) in [6.07, 6.45) is 1.41. The van der Waals surface area contributed by atoms with E-state index in [9.17, 15) is 19.2 Å². The summed E-state index contributed by atoms with van der Waals surface area (Å²) in [7, 11) is 3.07. The highest BCUT2D eigenvalue weighted by atomic mass is 16.5. The van der Waals surface area contributed by atoms with Crippen LogP contribution in [0.4, 0.5) is 5.69 Å². The van der Waals surface area contributed by atoms with Crippen molar-refractivity contribution in [3.05, 3.63) is 57.0 Å². The third kappa shape index (κ3) is 4.57. The highest BCUT2D eigenvalue weighted by Crippen LogP contribution is 2.23. The van der Waals surface area contributed by atoms with Gasteiger partial charge in [0, 0.05) is 19.8 Å². The van der Waals surface area contributed by atoms with Crippen molar-refractivity contribution in [2.75, 3.05) is 11.9 Å². The first-order valence-corrected chi connectivity index (χ1v) is 9.66. The molecule has 0 aliphatic heterocycles. The summed E-state index contributed by atoms with van der Waals surface area (Å²) in [5.74, 6) is -1.40. The number of aromatic nitrogens is 4. The van der Waals surface area contributed by atoms with E-state index < -0.39 is 36.3 Å². The van der Waals surface area contributed by atoms with Crippen LogP contribution < -0.4 is 16.6 Å². The van der Waals surface area contributed by atoms with Crippen LogP contribution in [0.3, 0.4) is 0 Å². The predicted octanol–water partition coefficient (Wildman–Crippen LogP) is 0.913.